The van der Waals surface area contributed by atoms with E-state index in [0.717, 1.165) is 43.7 Å². The van der Waals surface area contributed by atoms with Gasteiger partial charge < -0.3 is 15.0 Å². The summed E-state index contributed by atoms with van der Waals surface area (Å²) in [7, 11) is 3.59. The molecule has 124 valence electrons. The van der Waals surface area contributed by atoms with Crippen LogP contribution in [0.1, 0.15) is 25.3 Å². The highest BCUT2D eigenvalue weighted by Crippen LogP contribution is 2.18. The third-order valence-corrected chi connectivity index (χ3v) is 4.04. The minimum absolute atomic E-state index is 0. The first-order valence-corrected chi connectivity index (χ1v) is 7.82. The van der Waals surface area contributed by atoms with E-state index in [0.29, 0.717) is 0 Å². The van der Waals surface area contributed by atoms with Crippen molar-refractivity contribution in [2.45, 2.75) is 26.2 Å². The molecule has 5 heteroatoms. The molecule has 1 N–H and O–H groups in total. The van der Waals surface area contributed by atoms with Crippen molar-refractivity contribution in [2.75, 3.05) is 33.8 Å². The van der Waals surface area contributed by atoms with E-state index in [4.69, 9.17) is 4.74 Å². The Hall–Kier alpha value is -0.980. The number of halogens is 1. The van der Waals surface area contributed by atoms with Gasteiger partial charge in [0.05, 0.1) is 7.11 Å². The summed E-state index contributed by atoms with van der Waals surface area (Å²) >= 11 is 0. The summed E-state index contributed by atoms with van der Waals surface area (Å²) in [6, 6.07) is 8.19. The summed E-state index contributed by atoms with van der Waals surface area (Å²) < 4.78 is 5.39. The number of methoxy groups -OCH3 is 1. The van der Waals surface area contributed by atoms with Crippen LogP contribution in [0.3, 0.4) is 0 Å². The van der Waals surface area contributed by atoms with Gasteiger partial charge in [0, 0.05) is 26.7 Å². The average molecular weight is 417 g/mol. The summed E-state index contributed by atoms with van der Waals surface area (Å²) in [5, 5.41) is 3.48. The molecule has 1 atom stereocenters. The summed E-state index contributed by atoms with van der Waals surface area (Å²) in [5.74, 6) is 2.74. The molecule has 1 aliphatic heterocycles. The van der Waals surface area contributed by atoms with Crippen molar-refractivity contribution < 1.29 is 4.74 Å². The van der Waals surface area contributed by atoms with Gasteiger partial charge in [0.25, 0.3) is 0 Å². The number of rotatable bonds is 4. The summed E-state index contributed by atoms with van der Waals surface area (Å²) in [6.07, 6.45) is 3.52. The Labute approximate surface area is 151 Å². The van der Waals surface area contributed by atoms with Gasteiger partial charge in [-0.2, -0.15) is 0 Å². The minimum Gasteiger partial charge on any atom is -0.496 e. The fraction of sp³-hybridized carbons (Fsp3) is 0.588. The maximum Gasteiger partial charge on any atom is 0.193 e. The highest BCUT2D eigenvalue weighted by atomic mass is 127. The molecule has 4 nitrogen and oxygen atoms in total. The predicted molar refractivity (Wildman–Crippen MR) is 103 cm³/mol. The maximum absolute atomic E-state index is 5.39. The number of nitrogens with one attached hydrogen (secondary N) is 1. The van der Waals surface area contributed by atoms with Gasteiger partial charge >= 0.3 is 0 Å². The first kappa shape index (κ1) is 19.1. The van der Waals surface area contributed by atoms with Gasteiger partial charge in [0.15, 0.2) is 5.96 Å². The standard InChI is InChI=1S/C17H27N3O.HI/c1-14-7-6-12-20(13-14)17(18-2)19-11-10-15-8-4-5-9-16(15)21-3;/h4-5,8-9,14H,6-7,10-13H2,1-3H3,(H,18,19);1H. The van der Waals surface area contributed by atoms with Crippen LogP contribution in [0, 0.1) is 5.92 Å². The Morgan fingerprint density at radius 3 is 2.86 bits per heavy atom. The van der Waals surface area contributed by atoms with Gasteiger partial charge in [-0.25, -0.2) is 0 Å². The molecule has 0 radical (unpaired) electrons. The molecule has 1 aromatic rings. The molecular weight excluding hydrogens is 389 g/mol. The number of ether oxygens (including phenoxy) is 1. The minimum atomic E-state index is 0. The van der Waals surface area contributed by atoms with Crippen molar-refractivity contribution in [2.24, 2.45) is 10.9 Å². The van der Waals surface area contributed by atoms with Gasteiger partial charge in [-0.05, 0) is 36.8 Å². The topological polar surface area (TPSA) is 36.9 Å². The van der Waals surface area contributed by atoms with Crippen LogP contribution in [0.5, 0.6) is 5.75 Å². The van der Waals surface area contributed by atoms with Crippen LogP contribution in [-0.4, -0.2) is 44.7 Å². The molecule has 0 bridgehead atoms. The van der Waals surface area contributed by atoms with Gasteiger partial charge in [-0.1, -0.05) is 25.1 Å². The number of guanidine groups is 1. The molecule has 1 aromatic carbocycles. The van der Waals surface area contributed by atoms with Gasteiger partial charge in [-0.15, -0.1) is 24.0 Å². The van der Waals surface area contributed by atoms with E-state index in [-0.39, 0.29) is 24.0 Å². The molecule has 0 aromatic heterocycles. The second-order valence-electron chi connectivity index (χ2n) is 5.73. The monoisotopic (exact) mass is 417 g/mol. The number of nitrogens with zero attached hydrogens (tertiary/aromatic N) is 2. The summed E-state index contributed by atoms with van der Waals surface area (Å²) in [5.41, 5.74) is 1.23. The van der Waals surface area contributed by atoms with E-state index >= 15 is 0 Å². The van der Waals surface area contributed by atoms with E-state index in [2.05, 4.69) is 34.3 Å². The summed E-state index contributed by atoms with van der Waals surface area (Å²) in [4.78, 5) is 6.79. The lowest BCUT2D eigenvalue weighted by molar-refractivity contribution is 0.266. The predicted octanol–water partition coefficient (Wildman–Crippen LogP) is 3.16. The molecule has 1 unspecified atom stereocenters. The third kappa shape index (κ3) is 5.34. The SMILES string of the molecule is CN=C(NCCc1ccccc1OC)N1CCCC(C)C1.I. The van der Waals surface area contributed by atoms with E-state index in [1.54, 1.807) is 7.11 Å². The van der Waals surface area contributed by atoms with Crippen LogP contribution >= 0.6 is 24.0 Å². The van der Waals surface area contributed by atoms with Crippen molar-refractivity contribution in [3.8, 4) is 5.75 Å². The lowest BCUT2D eigenvalue weighted by atomic mass is 10.0. The highest BCUT2D eigenvalue weighted by Gasteiger charge is 2.18. The quantitative estimate of drug-likeness (QED) is 0.465. The smallest absolute Gasteiger partial charge is 0.193 e. The molecule has 1 fully saturated rings. The van der Waals surface area contributed by atoms with Crippen LogP contribution in [-0.2, 0) is 6.42 Å². The van der Waals surface area contributed by atoms with Crippen molar-refractivity contribution in [1.82, 2.24) is 10.2 Å². The number of aliphatic imine (C=N–C) groups is 1. The van der Waals surface area contributed by atoms with Crippen LogP contribution < -0.4 is 10.1 Å². The molecule has 0 saturated carbocycles. The molecule has 0 amide bonds. The largest absolute Gasteiger partial charge is 0.496 e. The number of hydrogen-bond acceptors (Lipinski definition) is 2. The van der Waals surface area contributed by atoms with Gasteiger partial charge in [0.1, 0.15) is 5.75 Å². The molecule has 1 saturated heterocycles. The van der Waals surface area contributed by atoms with Crippen molar-refractivity contribution in [3.63, 3.8) is 0 Å². The number of benzene rings is 1. The maximum atomic E-state index is 5.39. The van der Waals surface area contributed by atoms with Gasteiger partial charge in [0.2, 0.25) is 0 Å². The lowest BCUT2D eigenvalue weighted by Crippen LogP contribution is -2.46. The first-order valence-electron chi connectivity index (χ1n) is 7.82. The van der Waals surface area contributed by atoms with E-state index in [1.807, 2.05) is 19.2 Å². The van der Waals surface area contributed by atoms with E-state index < -0.39 is 0 Å². The second-order valence-corrected chi connectivity index (χ2v) is 5.73. The van der Waals surface area contributed by atoms with Crippen LogP contribution in [0.2, 0.25) is 0 Å². The van der Waals surface area contributed by atoms with Crippen LogP contribution in [0.15, 0.2) is 29.3 Å². The van der Waals surface area contributed by atoms with Crippen molar-refractivity contribution >= 4 is 29.9 Å². The average Bonchev–Trinajstić information content (AvgIpc) is 2.52. The number of para-hydroxylation sites is 1. The zero-order valence-electron chi connectivity index (χ0n) is 13.8. The highest BCUT2D eigenvalue weighted by molar-refractivity contribution is 14.0. The van der Waals surface area contributed by atoms with Crippen molar-refractivity contribution in [1.29, 1.82) is 0 Å². The summed E-state index contributed by atoms with van der Waals surface area (Å²) in [6.45, 7) is 5.40. The molecule has 0 spiro atoms. The Bertz CT molecular complexity index is 479. The third-order valence-electron chi connectivity index (χ3n) is 4.04. The molecule has 1 aliphatic rings. The zero-order chi connectivity index (χ0) is 15.1. The van der Waals surface area contributed by atoms with E-state index in [1.165, 1.54) is 18.4 Å². The first-order chi connectivity index (χ1) is 10.2. The molecule has 0 aliphatic carbocycles. The number of hydrogen-bond donors (Lipinski definition) is 1. The number of piperidine rings is 1. The normalized spacial score (nSPS) is 18.6. The Morgan fingerprint density at radius 2 is 2.18 bits per heavy atom. The molecule has 1 heterocycles. The molecule has 22 heavy (non-hydrogen) atoms. The molecular formula is C17H28IN3O. The Kier molecular flexibility index (Phi) is 8.60. The van der Waals surface area contributed by atoms with Gasteiger partial charge in [-0.3, -0.25) is 4.99 Å². The van der Waals surface area contributed by atoms with E-state index in [9.17, 15) is 0 Å². The number of likely N-dealkylation sites (tertiary alicyclic amines) is 1. The fourth-order valence-corrected chi connectivity index (χ4v) is 2.93. The Balaban J connectivity index is 0.00000242. The fourth-order valence-electron chi connectivity index (χ4n) is 2.93. The zero-order valence-corrected chi connectivity index (χ0v) is 16.2. The second kappa shape index (κ2) is 9.92. The van der Waals surface area contributed by atoms with Crippen molar-refractivity contribution in [3.05, 3.63) is 29.8 Å². The van der Waals surface area contributed by atoms with Crippen LogP contribution in [0.4, 0.5) is 0 Å². The Morgan fingerprint density at radius 1 is 1.41 bits per heavy atom. The lowest BCUT2D eigenvalue weighted by Gasteiger charge is -2.33. The molecule has 2 rings (SSSR count). The van der Waals surface area contributed by atoms with Crippen LogP contribution in [0.25, 0.3) is 0 Å².